The van der Waals surface area contributed by atoms with E-state index in [9.17, 15) is 13.2 Å². The quantitative estimate of drug-likeness (QED) is 0.627. The Morgan fingerprint density at radius 2 is 2.00 bits per heavy atom. The van der Waals surface area contributed by atoms with Crippen molar-refractivity contribution < 1.29 is 17.9 Å². The highest BCUT2D eigenvalue weighted by Gasteiger charge is 2.26. The van der Waals surface area contributed by atoms with E-state index in [0.717, 1.165) is 30.0 Å². The largest absolute Gasteiger partial charge is 0.379 e. The maximum atomic E-state index is 12.7. The highest BCUT2D eigenvalue weighted by molar-refractivity contribution is 7.89. The van der Waals surface area contributed by atoms with Crippen LogP contribution in [0.2, 0.25) is 0 Å². The van der Waals surface area contributed by atoms with E-state index >= 15 is 0 Å². The van der Waals surface area contributed by atoms with Gasteiger partial charge < -0.3 is 10.1 Å². The number of benzene rings is 1. The van der Waals surface area contributed by atoms with Crippen LogP contribution >= 0.6 is 11.3 Å². The topological polar surface area (TPSA) is 88.6 Å². The summed E-state index contributed by atoms with van der Waals surface area (Å²) in [6.07, 6.45) is 6.62. The summed E-state index contributed by atoms with van der Waals surface area (Å²) in [6, 6.07) is 6.83. The monoisotopic (exact) mass is 477 g/mol. The van der Waals surface area contributed by atoms with Crippen LogP contribution in [0.1, 0.15) is 48.7 Å². The summed E-state index contributed by atoms with van der Waals surface area (Å²) in [7, 11) is -3.49. The van der Waals surface area contributed by atoms with Crippen LogP contribution in [0, 0.1) is 5.92 Å². The molecule has 0 unspecified atom stereocenters. The van der Waals surface area contributed by atoms with E-state index < -0.39 is 10.0 Å². The standard InChI is InChI=1S/C23H31N3O4S2/c1-2-3-18-6-10-20-21(16-18)31-23(24-20)25-22(27)11-7-17-4-8-19(9-5-17)32(28,29)26-12-14-30-15-13-26/h4-5,8-9,18H,2-3,6-7,10-16H2,1H3,(H,24,25,27)/t18-/m1/s1. The summed E-state index contributed by atoms with van der Waals surface area (Å²) in [4.78, 5) is 18.7. The zero-order chi connectivity index (χ0) is 22.6. The first-order valence-electron chi connectivity index (χ1n) is 11.4. The van der Waals surface area contributed by atoms with Gasteiger partial charge in [0.1, 0.15) is 0 Å². The van der Waals surface area contributed by atoms with Gasteiger partial charge in [0.05, 0.1) is 23.8 Å². The van der Waals surface area contributed by atoms with Gasteiger partial charge in [0.2, 0.25) is 15.9 Å². The van der Waals surface area contributed by atoms with Crippen molar-refractivity contribution in [1.82, 2.24) is 9.29 Å². The molecule has 4 rings (SSSR count). The molecule has 2 heterocycles. The molecule has 0 spiro atoms. The molecule has 1 aliphatic heterocycles. The van der Waals surface area contributed by atoms with Crippen LogP contribution in [0.4, 0.5) is 5.13 Å². The van der Waals surface area contributed by atoms with Gasteiger partial charge in [-0.1, -0.05) is 31.9 Å². The molecule has 1 saturated heterocycles. The fourth-order valence-corrected chi connectivity index (χ4v) is 6.90. The first kappa shape index (κ1) is 23.4. The molecule has 0 saturated carbocycles. The molecule has 0 bridgehead atoms. The lowest BCUT2D eigenvalue weighted by Gasteiger charge is -2.26. The number of carbonyl (C=O) groups is 1. The van der Waals surface area contributed by atoms with Gasteiger partial charge in [0.25, 0.3) is 0 Å². The van der Waals surface area contributed by atoms with Gasteiger partial charge in [-0.05, 0) is 49.3 Å². The fraction of sp³-hybridized carbons (Fsp3) is 0.565. The lowest BCUT2D eigenvalue weighted by Crippen LogP contribution is -2.40. The summed E-state index contributed by atoms with van der Waals surface area (Å²) in [5.74, 6) is 0.678. The summed E-state index contributed by atoms with van der Waals surface area (Å²) in [6.45, 7) is 3.83. The van der Waals surface area contributed by atoms with E-state index in [1.165, 1.54) is 28.4 Å². The van der Waals surface area contributed by atoms with E-state index in [-0.39, 0.29) is 10.8 Å². The Morgan fingerprint density at radius 3 is 2.72 bits per heavy atom. The summed E-state index contributed by atoms with van der Waals surface area (Å²) in [5.41, 5.74) is 2.08. The lowest BCUT2D eigenvalue weighted by atomic mass is 9.88. The number of fused-ring (bicyclic) bond motifs is 1. The first-order chi connectivity index (χ1) is 15.5. The van der Waals surface area contributed by atoms with Crippen LogP contribution in [0.25, 0.3) is 0 Å². The number of amides is 1. The minimum Gasteiger partial charge on any atom is -0.379 e. The second kappa shape index (κ2) is 10.4. The van der Waals surface area contributed by atoms with Crippen molar-refractivity contribution in [2.75, 3.05) is 31.6 Å². The SMILES string of the molecule is CCC[C@@H]1CCc2nc(NC(=O)CCc3ccc(S(=O)(=O)N4CCOCC4)cc3)sc2C1. The van der Waals surface area contributed by atoms with Gasteiger partial charge in [-0.2, -0.15) is 4.31 Å². The van der Waals surface area contributed by atoms with Crippen molar-refractivity contribution in [2.24, 2.45) is 5.92 Å². The Morgan fingerprint density at radius 1 is 1.25 bits per heavy atom. The van der Waals surface area contributed by atoms with Crippen LogP contribution < -0.4 is 5.32 Å². The zero-order valence-corrected chi connectivity index (χ0v) is 20.1. The van der Waals surface area contributed by atoms with Crippen LogP contribution in [0.15, 0.2) is 29.2 Å². The number of sulfonamides is 1. The third kappa shape index (κ3) is 5.57. The normalized spacial score (nSPS) is 19.5. The van der Waals surface area contributed by atoms with Crippen molar-refractivity contribution in [3.8, 4) is 0 Å². The summed E-state index contributed by atoms with van der Waals surface area (Å²) in [5, 5.41) is 3.65. The molecular weight excluding hydrogens is 446 g/mol. The molecule has 1 aliphatic carbocycles. The molecule has 7 nitrogen and oxygen atoms in total. The Hall–Kier alpha value is -1.81. The minimum atomic E-state index is -3.49. The number of thiazole rings is 1. The number of aromatic nitrogens is 1. The molecule has 1 aromatic carbocycles. The number of nitrogens with one attached hydrogen (secondary N) is 1. The molecule has 1 amide bonds. The maximum absolute atomic E-state index is 12.7. The lowest BCUT2D eigenvalue weighted by molar-refractivity contribution is -0.116. The third-order valence-corrected chi connectivity index (χ3v) is 9.11. The number of rotatable bonds is 8. The van der Waals surface area contributed by atoms with E-state index in [1.54, 1.807) is 35.6 Å². The first-order valence-corrected chi connectivity index (χ1v) is 13.7. The van der Waals surface area contributed by atoms with Crippen molar-refractivity contribution in [3.05, 3.63) is 40.4 Å². The molecule has 174 valence electrons. The van der Waals surface area contributed by atoms with Crippen LogP contribution in [0.5, 0.6) is 0 Å². The highest BCUT2D eigenvalue weighted by Crippen LogP contribution is 2.34. The molecule has 2 aromatic rings. The van der Waals surface area contributed by atoms with Gasteiger partial charge in [-0.15, -0.1) is 11.3 Å². The number of hydrogen-bond donors (Lipinski definition) is 1. The summed E-state index contributed by atoms with van der Waals surface area (Å²) >= 11 is 1.61. The second-order valence-corrected chi connectivity index (χ2v) is 11.5. The Kier molecular flexibility index (Phi) is 7.60. The number of aryl methyl sites for hydroxylation is 2. The number of carbonyl (C=O) groups excluding carboxylic acids is 1. The van der Waals surface area contributed by atoms with Crippen molar-refractivity contribution in [3.63, 3.8) is 0 Å². The van der Waals surface area contributed by atoms with Crippen molar-refractivity contribution >= 4 is 32.4 Å². The molecule has 32 heavy (non-hydrogen) atoms. The fourth-order valence-electron chi connectivity index (χ4n) is 4.36. The Labute approximate surface area is 194 Å². The van der Waals surface area contributed by atoms with Crippen LogP contribution in [-0.4, -0.2) is 49.9 Å². The number of morpholine rings is 1. The highest BCUT2D eigenvalue weighted by atomic mass is 32.2. The number of hydrogen-bond acceptors (Lipinski definition) is 6. The smallest absolute Gasteiger partial charge is 0.243 e. The third-order valence-electron chi connectivity index (χ3n) is 6.16. The molecule has 1 atom stereocenters. The molecule has 0 radical (unpaired) electrons. The molecule has 9 heteroatoms. The Bertz CT molecular complexity index is 1030. The number of anilines is 1. The van der Waals surface area contributed by atoms with E-state index in [1.807, 2.05) is 0 Å². The molecular formula is C23H31N3O4S2. The predicted molar refractivity (Wildman–Crippen MR) is 126 cm³/mol. The molecule has 2 aliphatic rings. The van der Waals surface area contributed by atoms with Gasteiger partial charge in [0, 0.05) is 24.4 Å². The molecule has 1 N–H and O–H groups in total. The Balaban J connectivity index is 1.29. The van der Waals surface area contributed by atoms with E-state index in [4.69, 9.17) is 4.74 Å². The van der Waals surface area contributed by atoms with Gasteiger partial charge in [0.15, 0.2) is 5.13 Å². The zero-order valence-electron chi connectivity index (χ0n) is 18.5. The molecule has 1 fully saturated rings. The maximum Gasteiger partial charge on any atom is 0.243 e. The van der Waals surface area contributed by atoms with Crippen LogP contribution in [-0.2, 0) is 38.8 Å². The number of nitrogens with zero attached hydrogens (tertiary/aromatic N) is 2. The predicted octanol–water partition coefficient (Wildman–Crippen LogP) is 3.64. The average Bonchev–Trinajstić information content (AvgIpc) is 3.20. The summed E-state index contributed by atoms with van der Waals surface area (Å²) < 4.78 is 32.1. The van der Waals surface area contributed by atoms with Crippen molar-refractivity contribution in [1.29, 1.82) is 0 Å². The van der Waals surface area contributed by atoms with Crippen molar-refractivity contribution in [2.45, 2.75) is 56.8 Å². The van der Waals surface area contributed by atoms with E-state index in [0.29, 0.717) is 44.3 Å². The van der Waals surface area contributed by atoms with Gasteiger partial charge >= 0.3 is 0 Å². The minimum absolute atomic E-state index is 0.0637. The van der Waals surface area contributed by atoms with Gasteiger partial charge in [-0.3, -0.25) is 4.79 Å². The van der Waals surface area contributed by atoms with E-state index in [2.05, 4.69) is 17.2 Å². The number of ether oxygens (including phenoxy) is 1. The average molecular weight is 478 g/mol. The second-order valence-electron chi connectivity index (χ2n) is 8.49. The molecule has 1 aromatic heterocycles. The van der Waals surface area contributed by atoms with Gasteiger partial charge in [-0.25, -0.2) is 13.4 Å². The van der Waals surface area contributed by atoms with Crippen LogP contribution in [0.3, 0.4) is 0 Å².